The number of rotatable bonds is 7. The number of anilines is 1. The molecule has 2 aromatic heterocycles. The monoisotopic (exact) mass is 462 g/mol. The first-order valence-electron chi connectivity index (χ1n) is 11.1. The summed E-state index contributed by atoms with van der Waals surface area (Å²) >= 11 is 1.41. The molecule has 4 rings (SSSR count). The summed E-state index contributed by atoms with van der Waals surface area (Å²) in [6, 6.07) is 9.68. The average molecular weight is 463 g/mol. The highest BCUT2D eigenvalue weighted by atomic mass is 32.1. The average Bonchev–Trinajstić information content (AvgIpc) is 3.37. The molecule has 1 saturated carbocycles. The van der Waals surface area contributed by atoms with Gasteiger partial charge in [0.25, 0.3) is 5.91 Å². The molecule has 33 heavy (non-hydrogen) atoms. The van der Waals surface area contributed by atoms with E-state index >= 15 is 0 Å². The Balaban J connectivity index is 1.79. The normalized spacial score (nSPS) is 14.9. The van der Waals surface area contributed by atoms with E-state index in [1.165, 1.54) is 48.2 Å². The summed E-state index contributed by atoms with van der Waals surface area (Å²) in [5.74, 6) is -0.820. The van der Waals surface area contributed by atoms with E-state index < -0.39 is 11.9 Å². The number of amides is 2. The van der Waals surface area contributed by atoms with Crippen LogP contribution >= 0.6 is 11.3 Å². The Morgan fingerprint density at radius 2 is 1.91 bits per heavy atom. The first-order valence-corrected chi connectivity index (χ1v) is 12.0. The molecule has 170 valence electrons. The number of aromatic nitrogens is 2. The number of thiophene rings is 1. The minimum Gasteiger partial charge on any atom is -0.351 e. The molecule has 1 fully saturated rings. The predicted molar refractivity (Wildman–Crippen MR) is 127 cm³/mol. The van der Waals surface area contributed by atoms with Crippen molar-refractivity contribution in [2.75, 3.05) is 4.90 Å². The number of Topliss-reactive ketones (excluding diaryl/α,β-unsaturated/α-hetero) is 1. The Morgan fingerprint density at radius 3 is 2.58 bits per heavy atom. The summed E-state index contributed by atoms with van der Waals surface area (Å²) < 4.78 is 0. The second-order valence-corrected chi connectivity index (χ2v) is 9.11. The Labute approximate surface area is 196 Å². The zero-order valence-electron chi connectivity index (χ0n) is 18.4. The number of hydrogen-bond donors (Lipinski definition) is 1. The lowest BCUT2D eigenvalue weighted by Crippen LogP contribution is -2.47. The van der Waals surface area contributed by atoms with Crippen LogP contribution in [0.25, 0.3) is 0 Å². The zero-order chi connectivity index (χ0) is 23.2. The van der Waals surface area contributed by atoms with Crippen LogP contribution in [0.2, 0.25) is 0 Å². The third kappa shape index (κ3) is 5.34. The summed E-state index contributed by atoms with van der Waals surface area (Å²) in [7, 11) is 0. The first-order chi connectivity index (χ1) is 16.0. The maximum Gasteiger partial charge on any atom is 0.279 e. The lowest BCUT2D eigenvalue weighted by molar-refractivity contribution is -0.123. The van der Waals surface area contributed by atoms with Crippen LogP contribution in [0.3, 0.4) is 0 Å². The molecule has 8 heteroatoms. The van der Waals surface area contributed by atoms with Gasteiger partial charge < -0.3 is 5.32 Å². The van der Waals surface area contributed by atoms with E-state index in [1.54, 1.807) is 24.3 Å². The fourth-order valence-electron chi connectivity index (χ4n) is 4.14. The van der Waals surface area contributed by atoms with Crippen molar-refractivity contribution in [2.24, 2.45) is 0 Å². The molecule has 0 saturated heterocycles. The Hall–Kier alpha value is -3.39. The second kappa shape index (κ2) is 10.5. The molecule has 1 aromatic carbocycles. The van der Waals surface area contributed by atoms with Gasteiger partial charge >= 0.3 is 0 Å². The van der Waals surface area contributed by atoms with E-state index in [2.05, 4.69) is 15.3 Å². The van der Waals surface area contributed by atoms with Crippen molar-refractivity contribution < 1.29 is 14.4 Å². The summed E-state index contributed by atoms with van der Waals surface area (Å²) in [5, 5.41) is 5.05. The smallest absolute Gasteiger partial charge is 0.279 e. The number of carbonyl (C=O) groups is 3. The van der Waals surface area contributed by atoms with E-state index in [1.807, 2.05) is 17.5 Å². The Morgan fingerprint density at radius 1 is 1.09 bits per heavy atom. The Bertz CT molecular complexity index is 1110. The molecule has 7 nitrogen and oxygen atoms in total. The third-order valence-electron chi connectivity index (χ3n) is 5.80. The third-order valence-corrected chi connectivity index (χ3v) is 6.73. The van der Waals surface area contributed by atoms with Crippen molar-refractivity contribution in [3.63, 3.8) is 0 Å². The summed E-state index contributed by atoms with van der Waals surface area (Å²) in [6.07, 6.45) is 9.52. The van der Waals surface area contributed by atoms with Crippen molar-refractivity contribution in [1.29, 1.82) is 0 Å². The topological polar surface area (TPSA) is 92.3 Å². The molecular weight excluding hydrogens is 436 g/mol. The second-order valence-electron chi connectivity index (χ2n) is 8.13. The van der Waals surface area contributed by atoms with E-state index in [4.69, 9.17) is 0 Å². The fraction of sp³-hybridized carbons (Fsp3) is 0.320. The summed E-state index contributed by atoms with van der Waals surface area (Å²) in [4.78, 5) is 49.8. The highest BCUT2D eigenvalue weighted by molar-refractivity contribution is 7.10. The first kappa shape index (κ1) is 22.8. The Kier molecular flexibility index (Phi) is 7.24. The van der Waals surface area contributed by atoms with Gasteiger partial charge in [-0.15, -0.1) is 11.3 Å². The molecule has 0 bridgehead atoms. The molecular formula is C25H26N4O3S. The SMILES string of the molecule is CC(=O)c1cccc(N(C(=O)c2cnccn2)C(C(=O)NC2CCCCC2)c2cccs2)c1. The van der Waals surface area contributed by atoms with Gasteiger partial charge in [0.05, 0.1) is 6.20 Å². The van der Waals surface area contributed by atoms with Gasteiger partial charge in [-0.2, -0.15) is 0 Å². The van der Waals surface area contributed by atoms with E-state index in [0.717, 1.165) is 30.6 Å². The fourth-order valence-corrected chi connectivity index (χ4v) is 4.95. The van der Waals surface area contributed by atoms with Crippen LogP contribution in [0.1, 0.15) is 70.8 Å². The van der Waals surface area contributed by atoms with Crippen LogP contribution in [-0.2, 0) is 4.79 Å². The maximum absolute atomic E-state index is 13.7. The molecule has 3 aromatic rings. The van der Waals surface area contributed by atoms with Crippen LogP contribution in [0.4, 0.5) is 5.69 Å². The van der Waals surface area contributed by atoms with Gasteiger partial charge in [0.1, 0.15) is 5.69 Å². The van der Waals surface area contributed by atoms with Crippen molar-refractivity contribution >= 4 is 34.6 Å². The standard InChI is InChI=1S/C25H26N4O3S/c1-17(30)18-7-5-10-20(15-18)29(25(32)21-16-26-12-13-27-21)23(22-11-6-14-33-22)24(31)28-19-8-3-2-4-9-19/h5-7,10-16,19,23H,2-4,8-9H2,1H3,(H,28,31). The molecule has 1 aliphatic carbocycles. The van der Waals surface area contributed by atoms with Crippen molar-refractivity contribution in [3.8, 4) is 0 Å². The number of carbonyl (C=O) groups excluding carboxylic acids is 3. The van der Waals surface area contributed by atoms with Crippen LogP contribution in [0.5, 0.6) is 0 Å². The van der Waals surface area contributed by atoms with Gasteiger partial charge in [-0.25, -0.2) is 4.98 Å². The predicted octanol–water partition coefficient (Wildman–Crippen LogP) is 4.58. The quantitative estimate of drug-likeness (QED) is 0.519. The molecule has 0 spiro atoms. The number of ketones is 1. The number of hydrogen-bond acceptors (Lipinski definition) is 6. The molecule has 0 aliphatic heterocycles. The van der Waals surface area contributed by atoms with Crippen molar-refractivity contribution in [1.82, 2.24) is 15.3 Å². The van der Waals surface area contributed by atoms with Crippen LogP contribution in [0.15, 0.2) is 60.4 Å². The van der Waals surface area contributed by atoms with Crippen molar-refractivity contribution in [3.05, 3.63) is 76.5 Å². The summed E-state index contributed by atoms with van der Waals surface area (Å²) in [5.41, 5.74) is 1.04. The van der Waals surface area contributed by atoms with Gasteiger partial charge in [0, 0.05) is 34.6 Å². The van der Waals surface area contributed by atoms with Crippen LogP contribution in [0, 0.1) is 0 Å². The lowest BCUT2D eigenvalue weighted by atomic mass is 9.95. The highest BCUT2D eigenvalue weighted by Crippen LogP contribution is 2.33. The zero-order valence-corrected chi connectivity index (χ0v) is 19.3. The molecule has 1 unspecified atom stereocenters. The minimum absolute atomic E-state index is 0.0886. The minimum atomic E-state index is -0.899. The van der Waals surface area contributed by atoms with E-state index in [0.29, 0.717) is 11.3 Å². The summed E-state index contributed by atoms with van der Waals surface area (Å²) in [6.45, 7) is 1.47. The molecule has 1 atom stereocenters. The van der Waals surface area contributed by atoms with Gasteiger partial charge in [0.15, 0.2) is 11.8 Å². The van der Waals surface area contributed by atoms with E-state index in [9.17, 15) is 14.4 Å². The number of nitrogens with zero attached hydrogens (tertiary/aromatic N) is 3. The maximum atomic E-state index is 13.7. The number of benzene rings is 1. The molecule has 1 N–H and O–H groups in total. The molecule has 2 heterocycles. The highest BCUT2D eigenvalue weighted by Gasteiger charge is 2.36. The molecule has 2 amide bonds. The molecule has 1 aliphatic rings. The van der Waals surface area contributed by atoms with E-state index in [-0.39, 0.29) is 23.4 Å². The van der Waals surface area contributed by atoms with Gasteiger partial charge in [-0.05, 0) is 43.3 Å². The van der Waals surface area contributed by atoms with Gasteiger partial charge in [-0.1, -0.05) is 37.5 Å². The largest absolute Gasteiger partial charge is 0.351 e. The van der Waals surface area contributed by atoms with Crippen molar-refractivity contribution in [2.45, 2.75) is 51.1 Å². The van der Waals surface area contributed by atoms with Crippen LogP contribution in [-0.4, -0.2) is 33.6 Å². The van der Waals surface area contributed by atoms with Gasteiger partial charge in [0.2, 0.25) is 5.91 Å². The number of nitrogens with one attached hydrogen (secondary N) is 1. The molecule has 0 radical (unpaired) electrons. The lowest BCUT2D eigenvalue weighted by Gasteiger charge is -2.32. The van der Waals surface area contributed by atoms with Crippen LogP contribution < -0.4 is 10.2 Å². The van der Waals surface area contributed by atoms with Gasteiger partial charge in [-0.3, -0.25) is 24.3 Å².